The van der Waals surface area contributed by atoms with Crippen LogP contribution in [0.1, 0.15) is 41.7 Å². The molecule has 178 valence electrons. The molecular weight excluding hydrogens is 449 g/mol. The van der Waals surface area contributed by atoms with Gasteiger partial charge in [0, 0.05) is 47.8 Å². The third-order valence-electron chi connectivity index (χ3n) is 5.80. The Morgan fingerprint density at radius 2 is 2.12 bits per heavy atom. The van der Waals surface area contributed by atoms with E-state index in [1.54, 1.807) is 0 Å². The molecule has 1 amide bonds. The molecule has 5 N–H and O–H groups in total. The number of amides is 1. The van der Waals surface area contributed by atoms with E-state index < -0.39 is 23.4 Å². The number of nitrogens with one attached hydrogen (secondary N) is 2. The average Bonchev–Trinajstić information content (AvgIpc) is 3.23. The van der Waals surface area contributed by atoms with E-state index >= 15 is 0 Å². The van der Waals surface area contributed by atoms with Gasteiger partial charge in [0.05, 0.1) is 17.4 Å². The van der Waals surface area contributed by atoms with Gasteiger partial charge in [-0.25, -0.2) is 23.1 Å². The standard InChI is InChI=1S/C23H23F3N6O2/c24-13-5-16-17(10-29-22(16)18(26)6-13)21(28-9-14(25)8-27)12-2-1-3-15(4-12)32-23(34)19-7-20(33)31-11-30-19/h5-7,9-12,15,29H,1-4,8,27H2,(H,32,34)(H,30,31,33)/b14-9+,28-21?/t12?,15-/m1/s1. The van der Waals surface area contributed by atoms with Crippen molar-refractivity contribution in [3.05, 3.63) is 65.6 Å². The van der Waals surface area contributed by atoms with Gasteiger partial charge in [-0.15, -0.1) is 0 Å². The first-order valence-corrected chi connectivity index (χ1v) is 10.8. The van der Waals surface area contributed by atoms with Crippen molar-refractivity contribution in [1.82, 2.24) is 20.3 Å². The summed E-state index contributed by atoms with van der Waals surface area (Å²) in [5.74, 6) is -3.14. The van der Waals surface area contributed by atoms with Crippen LogP contribution in [0.3, 0.4) is 0 Å². The summed E-state index contributed by atoms with van der Waals surface area (Å²) < 4.78 is 42.0. The lowest BCUT2D eigenvalue weighted by Gasteiger charge is -2.30. The lowest BCUT2D eigenvalue weighted by atomic mass is 9.80. The van der Waals surface area contributed by atoms with Crippen LogP contribution in [0.2, 0.25) is 0 Å². The zero-order valence-corrected chi connectivity index (χ0v) is 18.1. The Balaban J connectivity index is 1.64. The van der Waals surface area contributed by atoms with Crippen molar-refractivity contribution in [3.63, 3.8) is 0 Å². The molecule has 11 heteroatoms. The molecule has 0 saturated heterocycles. The maximum absolute atomic E-state index is 14.3. The number of halogens is 3. The van der Waals surface area contributed by atoms with Crippen molar-refractivity contribution in [2.75, 3.05) is 6.54 Å². The minimum absolute atomic E-state index is 0.0269. The van der Waals surface area contributed by atoms with E-state index in [9.17, 15) is 23.1 Å². The van der Waals surface area contributed by atoms with Crippen molar-refractivity contribution in [2.45, 2.75) is 31.7 Å². The van der Waals surface area contributed by atoms with Gasteiger partial charge in [-0.05, 0) is 25.3 Å². The van der Waals surface area contributed by atoms with Gasteiger partial charge in [-0.2, -0.15) is 0 Å². The second-order valence-electron chi connectivity index (χ2n) is 8.10. The molecule has 2 heterocycles. The van der Waals surface area contributed by atoms with Crippen LogP contribution in [0.4, 0.5) is 13.2 Å². The van der Waals surface area contributed by atoms with E-state index in [0.717, 1.165) is 31.1 Å². The Morgan fingerprint density at radius 3 is 2.88 bits per heavy atom. The average molecular weight is 472 g/mol. The normalized spacial score (nSPS) is 19.4. The van der Waals surface area contributed by atoms with Gasteiger partial charge in [0.1, 0.15) is 29.5 Å². The fourth-order valence-electron chi connectivity index (χ4n) is 4.25. The predicted octanol–water partition coefficient (Wildman–Crippen LogP) is 3.49. The minimum atomic E-state index is -0.744. The number of aromatic nitrogens is 3. The number of H-pyrrole nitrogens is 1. The fraction of sp³-hybridized carbons (Fsp3) is 0.304. The molecule has 1 saturated carbocycles. The maximum Gasteiger partial charge on any atom is 0.270 e. The first-order valence-electron chi connectivity index (χ1n) is 10.8. The van der Waals surface area contributed by atoms with E-state index in [1.807, 2.05) is 0 Å². The van der Waals surface area contributed by atoms with Gasteiger partial charge in [0.15, 0.2) is 0 Å². The number of hydrogen-bond acceptors (Lipinski definition) is 6. The van der Waals surface area contributed by atoms with Crippen molar-refractivity contribution in [1.29, 1.82) is 0 Å². The number of fused-ring (bicyclic) bond motifs is 1. The second kappa shape index (κ2) is 10.0. The predicted molar refractivity (Wildman–Crippen MR) is 120 cm³/mol. The van der Waals surface area contributed by atoms with Crippen LogP contribution >= 0.6 is 0 Å². The van der Waals surface area contributed by atoms with E-state index in [2.05, 4.69) is 25.3 Å². The molecule has 2 atom stereocenters. The quantitative estimate of drug-likeness (QED) is 0.408. The van der Waals surface area contributed by atoms with Crippen molar-refractivity contribution >= 4 is 22.5 Å². The van der Waals surface area contributed by atoms with Crippen LogP contribution in [0.15, 0.2) is 47.7 Å². The van der Waals surface area contributed by atoms with Crippen LogP contribution in [0.5, 0.6) is 5.88 Å². The number of carbonyl (C=O) groups excluding carboxylic acids is 1. The van der Waals surface area contributed by atoms with E-state index in [-0.39, 0.29) is 35.6 Å². The maximum atomic E-state index is 14.3. The number of aliphatic imine (C=N–C) groups is 1. The van der Waals surface area contributed by atoms with Crippen LogP contribution in [0, 0.1) is 17.6 Å². The number of nitrogens with zero attached hydrogens (tertiary/aromatic N) is 3. The SMILES string of the molecule is NC/C(F)=C\N=C(c1c[nH]c2c(F)cc(F)cc12)C1CCC[C@@H](NC(=O)c2cc(O)ncn2)C1. The molecule has 1 aliphatic carbocycles. The molecule has 1 unspecified atom stereocenters. The van der Waals surface area contributed by atoms with Crippen LogP contribution in [0.25, 0.3) is 10.9 Å². The first-order chi connectivity index (χ1) is 16.4. The van der Waals surface area contributed by atoms with Gasteiger partial charge >= 0.3 is 0 Å². The summed E-state index contributed by atoms with van der Waals surface area (Å²) in [5, 5.41) is 12.7. The number of hydrogen-bond donors (Lipinski definition) is 4. The van der Waals surface area contributed by atoms with Gasteiger partial charge in [0.25, 0.3) is 5.91 Å². The van der Waals surface area contributed by atoms with Gasteiger partial charge < -0.3 is 21.1 Å². The Kier molecular flexibility index (Phi) is 6.92. The zero-order valence-electron chi connectivity index (χ0n) is 18.1. The highest BCUT2D eigenvalue weighted by Crippen LogP contribution is 2.32. The van der Waals surface area contributed by atoms with Gasteiger partial charge in [-0.1, -0.05) is 6.42 Å². The number of nitrogens with two attached hydrogens (primary N) is 1. The van der Waals surface area contributed by atoms with E-state index in [1.165, 1.54) is 12.3 Å². The van der Waals surface area contributed by atoms with Gasteiger partial charge in [0.2, 0.25) is 5.88 Å². The Bertz CT molecular complexity index is 1270. The summed E-state index contributed by atoms with van der Waals surface area (Å²) >= 11 is 0. The zero-order chi connectivity index (χ0) is 24.2. The Hall–Kier alpha value is -3.73. The molecule has 0 spiro atoms. The molecule has 3 aromatic rings. The fourth-order valence-corrected chi connectivity index (χ4v) is 4.25. The summed E-state index contributed by atoms with van der Waals surface area (Å²) in [4.78, 5) is 27.1. The van der Waals surface area contributed by atoms with Gasteiger partial charge in [-0.3, -0.25) is 9.79 Å². The molecule has 1 aromatic carbocycles. The summed E-state index contributed by atoms with van der Waals surface area (Å²) in [5.41, 5.74) is 6.38. The summed E-state index contributed by atoms with van der Waals surface area (Å²) in [7, 11) is 0. The number of aromatic amines is 1. The molecule has 4 rings (SSSR count). The molecule has 0 bridgehead atoms. The Morgan fingerprint density at radius 1 is 1.29 bits per heavy atom. The van der Waals surface area contributed by atoms with Crippen LogP contribution in [-0.2, 0) is 0 Å². The van der Waals surface area contributed by atoms with Crippen molar-refractivity contribution in [3.8, 4) is 5.88 Å². The molecule has 0 radical (unpaired) electrons. The third-order valence-corrected chi connectivity index (χ3v) is 5.80. The Labute approximate surface area is 192 Å². The van der Waals surface area contributed by atoms with Crippen LogP contribution in [-0.4, -0.2) is 44.3 Å². The smallest absolute Gasteiger partial charge is 0.270 e. The number of carbonyl (C=O) groups is 1. The minimum Gasteiger partial charge on any atom is -0.493 e. The summed E-state index contributed by atoms with van der Waals surface area (Å²) in [6.07, 6.45) is 6.19. The molecule has 2 aromatic heterocycles. The largest absolute Gasteiger partial charge is 0.493 e. The topological polar surface area (TPSA) is 129 Å². The molecule has 1 fully saturated rings. The number of rotatable bonds is 6. The van der Waals surface area contributed by atoms with Crippen LogP contribution < -0.4 is 11.1 Å². The first kappa shape index (κ1) is 23.4. The monoisotopic (exact) mass is 472 g/mol. The third kappa shape index (κ3) is 5.09. The highest BCUT2D eigenvalue weighted by Gasteiger charge is 2.29. The highest BCUT2D eigenvalue weighted by molar-refractivity contribution is 6.12. The lowest BCUT2D eigenvalue weighted by Crippen LogP contribution is -2.40. The number of benzene rings is 1. The van der Waals surface area contributed by atoms with Crippen molar-refractivity contribution < 1.29 is 23.1 Å². The highest BCUT2D eigenvalue weighted by atomic mass is 19.1. The lowest BCUT2D eigenvalue weighted by molar-refractivity contribution is 0.0918. The molecular formula is C23H23F3N6O2. The second-order valence-corrected chi connectivity index (χ2v) is 8.10. The summed E-state index contributed by atoms with van der Waals surface area (Å²) in [6, 6.07) is 2.89. The molecule has 8 nitrogen and oxygen atoms in total. The summed E-state index contributed by atoms with van der Waals surface area (Å²) in [6.45, 7) is -0.330. The van der Waals surface area contributed by atoms with Crippen molar-refractivity contribution in [2.24, 2.45) is 16.6 Å². The number of aromatic hydroxyl groups is 1. The molecule has 0 aliphatic heterocycles. The molecule has 34 heavy (non-hydrogen) atoms. The van der Waals surface area contributed by atoms with E-state index in [4.69, 9.17) is 5.73 Å². The molecule has 1 aliphatic rings. The van der Waals surface area contributed by atoms with E-state index in [0.29, 0.717) is 35.9 Å².